The highest BCUT2D eigenvalue weighted by atomic mass is 32.2. The fourth-order valence-electron chi connectivity index (χ4n) is 6.46. The van der Waals surface area contributed by atoms with Gasteiger partial charge in [-0.3, -0.25) is 4.21 Å². The summed E-state index contributed by atoms with van der Waals surface area (Å²) in [6.07, 6.45) is 6.74. The van der Waals surface area contributed by atoms with Gasteiger partial charge in [0.1, 0.15) is 23.7 Å². The molecule has 1 aromatic carbocycles. The first-order chi connectivity index (χ1) is 19.0. The van der Waals surface area contributed by atoms with Crippen LogP contribution in [-0.4, -0.2) is 64.1 Å². The summed E-state index contributed by atoms with van der Waals surface area (Å²) in [5, 5.41) is 13.4. The minimum absolute atomic E-state index is 0.0687. The number of aromatic nitrogens is 7. The van der Waals surface area contributed by atoms with Crippen molar-refractivity contribution in [1.82, 2.24) is 34.9 Å². The van der Waals surface area contributed by atoms with E-state index in [2.05, 4.69) is 45.0 Å². The van der Waals surface area contributed by atoms with Crippen molar-refractivity contribution in [2.75, 3.05) is 19.1 Å². The van der Waals surface area contributed by atoms with Crippen molar-refractivity contribution in [1.29, 1.82) is 0 Å². The smallest absolute Gasteiger partial charge is 0.252 e. The van der Waals surface area contributed by atoms with Gasteiger partial charge in [-0.1, -0.05) is 19.9 Å². The molecular weight excluding hydrogens is 536 g/mol. The molecule has 6 rings (SSSR count). The van der Waals surface area contributed by atoms with Gasteiger partial charge in [-0.2, -0.15) is 9.78 Å². The van der Waals surface area contributed by atoms with E-state index in [9.17, 15) is 13.0 Å². The van der Waals surface area contributed by atoms with Gasteiger partial charge in [0, 0.05) is 18.4 Å². The van der Waals surface area contributed by atoms with E-state index in [0.717, 1.165) is 24.1 Å². The van der Waals surface area contributed by atoms with Crippen LogP contribution in [0.25, 0.3) is 17.2 Å². The number of hydrogen-bond donors (Lipinski definition) is 0. The maximum Gasteiger partial charge on any atom is 0.252 e. The molecule has 3 atom stereocenters. The van der Waals surface area contributed by atoms with Crippen LogP contribution in [0.1, 0.15) is 55.4 Å². The van der Waals surface area contributed by atoms with E-state index in [1.807, 2.05) is 0 Å². The molecule has 40 heavy (non-hydrogen) atoms. The van der Waals surface area contributed by atoms with Gasteiger partial charge in [0.15, 0.2) is 11.6 Å². The largest absolute Gasteiger partial charge is 0.493 e. The molecule has 4 aromatic rings. The number of aryl methyl sites for hydroxylation is 1. The molecule has 2 aliphatic rings. The van der Waals surface area contributed by atoms with Crippen molar-refractivity contribution in [3.63, 3.8) is 0 Å². The molecule has 0 saturated heterocycles. The Morgan fingerprint density at radius 1 is 1.18 bits per heavy atom. The van der Waals surface area contributed by atoms with Crippen molar-refractivity contribution < 1.29 is 17.7 Å². The summed E-state index contributed by atoms with van der Waals surface area (Å²) in [4.78, 5) is 13.8. The Morgan fingerprint density at radius 2 is 1.93 bits per heavy atom. The van der Waals surface area contributed by atoms with Crippen LogP contribution in [0.2, 0.25) is 0 Å². The van der Waals surface area contributed by atoms with Gasteiger partial charge in [-0.05, 0) is 63.3 Å². The first-order valence-electron chi connectivity index (χ1n) is 12.9. The Bertz CT molecular complexity index is 1740. The Labute approximate surface area is 231 Å². The summed E-state index contributed by atoms with van der Waals surface area (Å²) >= 11 is 0. The van der Waals surface area contributed by atoms with E-state index in [1.54, 1.807) is 25.6 Å². The number of nitrogens with zero attached hydrogens (tertiary/aromatic N) is 7. The molecule has 2 aliphatic carbocycles. The molecule has 1 fully saturated rings. The maximum atomic E-state index is 14.6. The lowest BCUT2D eigenvalue weighted by atomic mass is 9.66. The normalized spacial score (nSPS) is 22.2. The van der Waals surface area contributed by atoms with Gasteiger partial charge in [0.25, 0.3) is 5.95 Å². The van der Waals surface area contributed by atoms with Crippen molar-refractivity contribution in [3.8, 4) is 23.0 Å². The van der Waals surface area contributed by atoms with E-state index >= 15 is 0 Å². The zero-order valence-electron chi connectivity index (χ0n) is 22.7. The van der Waals surface area contributed by atoms with Gasteiger partial charge in [0.05, 0.1) is 35.7 Å². The van der Waals surface area contributed by atoms with E-state index in [-0.39, 0.29) is 22.6 Å². The average molecular weight is 566 g/mol. The molecule has 0 amide bonds. The van der Waals surface area contributed by atoms with Crippen LogP contribution < -0.4 is 4.74 Å². The van der Waals surface area contributed by atoms with E-state index in [1.165, 1.54) is 29.2 Å². The van der Waals surface area contributed by atoms with Gasteiger partial charge in [-0.25, -0.2) is 23.7 Å². The van der Waals surface area contributed by atoms with Crippen molar-refractivity contribution >= 4 is 15.4 Å². The molecule has 0 aliphatic heterocycles. The second-order valence-electron chi connectivity index (χ2n) is 11.2. The second-order valence-corrected chi connectivity index (χ2v) is 14.0. The molecule has 3 aromatic heterocycles. The molecule has 12 heteroatoms. The van der Waals surface area contributed by atoms with Crippen molar-refractivity contribution in [3.05, 3.63) is 71.2 Å². The fraction of sp³-hybridized carbons (Fsp3) is 0.393. The Morgan fingerprint density at radius 3 is 2.62 bits per heavy atom. The van der Waals surface area contributed by atoms with E-state index in [0.29, 0.717) is 35.4 Å². The first-order valence-corrected chi connectivity index (χ1v) is 15.2. The monoisotopic (exact) mass is 565 g/mol. The van der Waals surface area contributed by atoms with Gasteiger partial charge < -0.3 is 4.74 Å². The first kappa shape index (κ1) is 26.4. The molecular formula is C28H29F2N7O2S. The van der Waals surface area contributed by atoms with Gasteiger partial charge in [0.2, 0.25) is 0 Å². The Balaban J connectivity index is 1.47. The van der Waals surface area contributed by atoms with E-state index in [4.69, 9.17) is 9.72 Å². The molecule has 0 N–H and O–H groups in total. The van der Waals surface area contributed by atoms with Crippen LogP contribution in [0.4, 0.5) is 8.78 Å². The topological polar surface area (TPSA) is 109 Å². The summed E-state index contributed by atoms with van der Waals surface area (Å²) in [5.74, 6) is 4.09. The van der Waals surface area contributed by atoms with Crippen molar-refractivity contribution in [2.45, 2.75) is 44.4 Å². The summed E-state index contributed by atoms with van der Waals surface area (Å²) in [5.41, 5.74) is 1.22. The third-order valence-electron chi connectivity index (χ3n) is 8.47. The van der Waals surface area contributed by atoms with Crippen LogP contribution >= 0.6 is 0 Å². The summed E-state index contributed by atoms with van der Waals surface area (Å²) in [6.45, 7) is 4.32. The SMILES string of the molecule is C=S(C)(=O)CCc1ncn(-c2ncc(OC)c([C@@]34CC[C@@H](c5cc(-c6c(F)cccc6F)nnc53)C4(C)C)n2)n1. The van der Waals surface area contributed by atoms with E-state index < -0.39 is 26.6 Å². The third kappa shape index (κ3) is 3.91. The summed E-state index contributed by atoms with van der Waals surface area (Å²) < 4.78 is 48.5. The highest BCUT2D eigenvalue weighted by Gasteiger charge is 2.66. The number of fused-ring (bicyclic) bond motifs is 5. The van der Waals surface area contributed by atoms with Crippen LogP contribution in [0.3, 0.4) is 0 Å². The lowest BCUT2D eigenvalue weighted by molar-refractivity contribution is 0.234. The minimum Gasteiger partial charge on any atom is -0.493 e. The number of benzene rings is 1. The van der Waals surface area contributed by atoms with Gasteiger partial charge in [-0.15, -0.1) is 10.2 Å². The molecule has 208 valence electrons. The van der Waals surface area contributed by atoms with Crippen LogP contribution in [0.15, 0.2) is 36.8 Å². The zero-order valence-corrected chi connectivity index (χ0v) is 23.5. The predicted octanol–water partition coefficient (Wildman–Crippen LogP) is 3.89. The summed E-state index contributed by atoms with van der Waals surface area (Å²) in [7, 11) is -0.602. The number of hydrogen-bond acceptors (Lipinski definition) is 8. The molecule has 0 radical (unpaired) electrons. The number of ether oxygens (including phenoxy) is 1. The third-order valence-corrected chi connectivity index (χ3v) is 9.54. The predicted molar refractivity (Wildman–Crippen MR) is 147 cm³/mol. The van der Waals surface area contributed by atoms with Gasteiger partial charge >= 0.3 is 0 Å². The Hall–Kier alpha value is -3.80. The van der Waals surface area contributed by atoms with Crippen molar-refractivity contribution in [2.24, 2.45) is 5.41 Å². The fourth-order valence-corrected chi connectivity index (χ4v) is 7.07. The average Bonchev–Trinajstić information content (AvgIpc) is 3.54. The maximum absolute atomic E-state index is 14.6. The van der Waals surface area contributed by atoms with Crippen LogP contribution in [0, 0.1) is 17.0 Å². The standard InChI is InChI=1S/C28H29F2N7O2S/c1-27(2)17-9-11-28(27,24-16(17)13-20(34-35-24)23-18(29)7-6-8-19(23)30)25-21(39-3)14-31-26(33-25)37-15-32-22(36-37)10-12-40(4,5)38/h6-8,13-15,17H,4,9-12H2,1-3,5H3/t17-,28+,40?/m0/s1. The lowest BCUT2D eigenvalue weighted by Crippen LogP contribution is -2.38. The second kappa shape index (κ2) is 9.12. The molecule has 2 bridgehead atoms. The molecule has 1 unspecified atom stereocenters. The quantitative estimate of drug-likeness (QED) is 0.311. The highest BCUT2D eigenvalue weighted by molar-refractivity contribution is 7.99. The molecule has 0 spiro atoms. The summed E-state index contributed by atoms with van der Waals surface area (Å²) in [6, 6.07) is 5.53. The van der Waals surface area contributed by atoms with Crippen LogP contribution in [0.5, 0.6) is 5.75 Å². The molecule has 1 saturated carbocycles. The van der Waals surface area contributed by atoms with Crippen LogP contribution in [-0.2, 0) is 21.4 Å². The molecule has 9 nitrogen and oxygen atoms in total. The highest BCUT2D eigenvalue weighted by Crippen LogP contribution is 2.70. The zero-order chi connectivity index (χ0) is 28.4. The number of methoxy groups -OCH3 is 1. The Kier molecular flexibility index (Phi) is 6.02. The lowest BCUT2D eigenvalue weighted by Gasteiger charge is -2.38. The molecule has 3 heterocycles. The number of halogens is 2. The minimum atomic E-state index is -2.17. The number of rotatable bonds is 7.